The standard InChI is InChI=1S/C9H18N2O2S/c1-4-9(5-6-10)11-8(2)7-14(3,12)13/h8-9,11H,4-5,7H2,1-3H3/t8-,9+/m1/s1. The lowest BCUT2D eigenvalue weighted by Gasteiger charge is -2.19. The lowest BCUT2D eigenvalue weighted by atomic mass is 10.1. The van der Waals surface area contributed by atoms with Crippen LogP contribution in [0.2, 0.25) is 0 Å². The number of nitrogens with one attached hydrogen (secondary N) is 1. The molecule has 0 saturated heterocycles. The van der Waals surface area contributed by atoms with Gasteiger partial charge in [-0.15, -0.1) is 0 Å². The van der Waals surface area contributed by atoms with Gasteiger partial charge in [0.15, 0.2) is 0 Å². The number of nitrogens with zero attached hydrogens (tertiary/aromatic N) is 1. The zero-order chi connectivity index (χ0) is 11.2. The van der Waals surface area contributed by atoms with Gasteiger partial charge in [0.05, 0.1) is 18.2 Å². The summed E-state index contributed by atoms with van der Waals surface area (Å²) in [7, 11) is -2.94. The lowest BCUT2D eigenvalue weighted by molar-refractivity contribution is 0.455. The van der Waals surface area contributed by atoms with Crippen LogP contribution in [-0.2, 0) is 9.84 Å². The lowest BCUT2D eigenvalue weighted by Crippen LogP contribution is -2.39. The Morgan fingerprint density at radius 2 is 2.07 bits per heavy atom. The molecular formula is C9H18N2O2S. The van der Waals surface area contributed by atoms with Gasteiger partial charge < -0.3 is 5.32 Å². The van der Waals surface area contributed by atoms with E-state index in [2.05, 4.69) is 11.4 Å². The molecule has 0 aliphatic rings. The van der Waals surface area contributed by atoms with Crippen LogP contribution in [0.5, 0.6) is 0 Å². The maximum Gasteiger partial charge on any atom is 0.148 e. The van der Waals surface area contributed by atoms with Gasteiger partial charge in [-0.25, -0.2) is 8.42 Å². The normalized spacial score (nSPS) is 15.9. The van der Waals surface area contributed by atoms with E-state index in [4.69, 9.17) is 5.26 Å². The predicted molar refractivity (Wildman–Crippen MR) is 56.6 cm³/mol. The molecule has 0 rings (SSSR count). The van der Waals surface area contributed by atoms with E-state index in [9.17, 15) is 8.42 Å². The first-order valence-corrected chi connectivity index (χ1v) is 6.75. The Balaban J connectivity index is 4.04. The van der Waals surface area contributed by atoms with Crippen molar-refractivity contribution in [3.05, 3.63) is 0 Å². The molecule has 0 unspecified atom stereocenters. The Bertz CT molecular complexity index is 292. The third-order valence-corrected chi connectivity index (χ3v) is 3.01. The number of nitriles is 1. The molecule has 0 aromatic rings. The van der Waals surface area contributed by atoms with Crippen molar-refractivity contribution < 1.29 is 8.42 Å². The molecule has 5 heteroatoms. The summed E-state index contributed by atoms with van der Waals surface area (Å²) in [6.07, 6.45) is 2.47. The van der Waals surface area contributed by atoms with Gasteiger partial charge in [-0.1, -0.05) is 6.92 Å². The minimum atomic E-state index is -2.94. The smallest absolute Gasteiger partial charge is 0.148 e. The van der Waals surface area contributed by atoms with Crippen LogP contribution in [0.15, 0.2) is 0 Å². The summed E-state index contributed by atoms with van der Waals surface area (Å²) in [5.41, 5.74) is 0. The minimum Gasteiger partial charge on any atom is -0.309 e. The zero-order valence-corrected chi connectivity index (χ0v) is 9.76. The molecule has 0 aliphatic carbocycles. The quantitative estimate of drug-likeness (QED) is 0.712. The summed E-state index contributed by atoms with van der Waals surface area (Å²) in [6, 6.07) is 2.08. The van der Waals surface area contributed by atoms with Crippen LogP contribution in [0.3, 0.4) is 0 Å². The van der Waals surface area contributed by atoms with Gasteiger partial charge in [0.2, 0.25) is 0 Å². The molecule has 14 heavy (non-hydrogen) atoms. The van der Waals surface area contributed by atoms with Crippen molar-refractivity contribution in [1.82, 2.24) is 5.32 Å². The Kier molecular flexibility index (Phi) is 5.73. The van der Waals surface area contributed by atoms with Crippen LogP contribution in [-0.4, -0.2) is 32.5 Å². The number of hydrogen-bond acceptors (Lipinski definition) is 4. The molecule has 0 saturated carbocycles. The van der Waals surface area contributed by atoms with E-state index < -0.39 is 9.84 Å². The summed E-state index contributed by atoms with van der Waals surface area (Å²) in [5.74, 6) is 0.120. The molecule has 0 heterocycles. The van der Waals surface area contributed by atoms with Crippen LogP contribution < -0.4 is 5.32 Å². The summed E-state index contributed by atoms with van der Waals surface area (Å²) in [4.78, 5) is 0. The summed E-state index contributed by atoms with van der Waals surface area (Å²) < 4.78 is 21.9. The van der Waals surface area contributed by atoms with Crippen molar-refractivity contribution in [3.8, 4) is 6.07 Å². The molecule has 1 N–H and O–H groups in total. The third kappa shape index (κ3) is 6.87. The maximum atomic E-state index is 11.0. The Labute approximate surface area is 86.2 Å². The molecule has 0 fully saturated rings. The topological polar surface area (TPSA) is 70.0 Å². The summed E-state index contributed by atoms with van der Waals surface area (Å²) >= 11 is 0. The first-order chi connectivity index (χ1) is 6.39. The van der Waals surface area contributed by atoms with Gasteiger partial charge in [0.25, 0.3) is 0 Å². The average molecular weight is 218 g/mol. The molecular weight excluding hydrogens is 200 g/mol. The van der Waals surface area contributed by atoms with Crippen LogP contribution in [0, 0.1) is 11.3 Å². The van der Waals surface area contributed by atoms with Crippen molar-refractivity contribution in [3.63, 3.8) is 0 Å². The van der Waals surface area contributed by atoms with Gasteiger partial charge in [-0.2, -0.15) is 5.26 Å². The van der Waals surface area contributed by atoms with E-state index in [1.807, 2.05) is 13.8 Å². The maximum absolute atomic E-state index is 11.0. The van der Waals surface area contributed by atoms with Gasteiger partial charge >= 0.3 is 0 Å². The fourth-order valence-corrected chi connectivity index (χ4v) is 2.34. The van der Waals surface area contributed by atoms with E-state index in [0.29, 0.717) is 6.42 Å². The van der Waals surface area contributed by atoms with Gasteiger partial charge in [-0.05, 0) is 13.3 Å². The minimum absolute atomic E-state index is 0.0942. The highest BCUT2D eigenvalue weighted by molar-refractivity contribution is 7.90. The molecule has 0 aromatic carbocycles. The summed E-state index contributed by atoms with van der Waals surface area (Å²) in [6.45, 7) is 3.79. The molecule has 0 aliphatic heterocycles. The molecule has 2 atom stereocenters. The highest BCUT2D eigenvalue weighted by Crippen LogP contribution is 1.99. The van der Waals surface area contributed by atoms with Gasteiger partial charge in [-0.3, -0.25) is 0 Å². The van der Waals surface area contributed by atoms with Crippen molar-refractivity contribution in [2.45, 2.75) is 38.8 Å². The average Bonchev–Trinajstić information content (AvgIpc) is 2.00. The molecule has 0 radical (unpaired) electrons. The van der Waals surface area contributed by atoms with E-state index in [0.717, 1.165) is 6.42 Å². The molecule has 4 nitrogen and oxygen atoms in total. The Morgan fingerprint density at radius 1 is 1.50 bits per heavy atom. The van der Waals surface area contributed by atoms with E-state index in [1.54, 1.807) is 0 Å². The van der Waals surface area contributed by atoms with E-state index in [1.165, 1.54) is 6.26 Å². The summed E-state index contributed by atoms with van der Waals surface area (Å²) in [5, 5.41) is 11.6. The second-order valence-corrected chi connectivity index (χ2v) is 5.81. The third-order valence-electron chi connectivity index (χ3n) is 1.90. The first-order valence-electron chi connectivity index (χ1n) is 4.69. The number of sulfone groups is 1. The second kappa shape index (κ2) is 5.99. The fourth-order valence-electron chi connectivity index (χ4n) is 1.34. The first kappa shape index (κ1) is 13.4. The van der Waals surface area contributed by atoms with Crippen molar-refractivity contribution in [2.24, 2.45) is 0 Å². The van der Waals surface area contributed by atoms with Crippen LogP contribution in [0.25, 0.3) is 0 Å². The fraction of sp³-hybridized carbons (Fsp3) is 0.889. The van der Waals surface area contributed by atoms with Crippen LogP contribution in [0.1, 0.15) is 26.7 Å². The molecule has 0 spiro atoms. The van der Waals surface area contributed by atoms with Crippen molar-refractivity contribution in [2.75, 3.05) is 12.0 Å². The monoisotopic (exact) mass is 218 g/mol. The van der Waals surface area contributed by atoms with Gasteiger partial charge in [0.1, 0.15) is 9.84 Å². The number of hydrogen-bond donors (Lipinski definition) is 1. The van der Waals surface area contributed by atoms with E-state index in [-0.39, 0.29) is 17.8 Å². The van der Waals surface area contributed by atoms with E-state index >= 15 is 0 Å². The van der Waals surface area contributed by atoms with Crippen LogP contribution in [0.4, 0.5) is 0 Å². The highest BCUT2D eigenvalue weighted by atomic mass is 32.2. The SMILES string of the molecule is CC[C@@H](CC#N)N[C@H](C)CS(C)(=O)=O. The number of rotatable bonds is 6. The largest absolute Gasteiger partial charge is 0.309 e. The van der Waals surface area contributed by atoms with Crippen molar-refractivity contribution >= 4 is 9.84 Å². The predicted octanol–water partition coefficient (Wildman–Crippen LogP) is 0.701. The Morgan fingerprint density at radius 3 is 2.43 bits per heavy atom. The molecule has 0 aromatic heterocycles. The highest BCUT2D eigenvalue weighted by Gasteiger charge is 2.14. The van der Waals surface area contributed by atoms with Gasteiger partial charge in [0, 0.05) is 18.3 Å². The molecule has 0 bridgehead atoms. The Hall–Kier alpha value is -0.600. The van der Waals surface area contributed by atoms with Crippen LogP contribution >= 0.6 is 0 Å². The molecule has 82 valence electrons. The zero-order valence-electron chi connectivity index (χ0n) is 8.95. The second-order valence-electron chi connectivity index (χ2n) is 3.63. The van der Waals surface area contributed by atoms with Crippen molar-refractivity contribution in [1.29, 1.82) is 5.26 Å². The molecule has 0 amide bonds.